The topological polar surface area (TPSA) is 103 Å². The van der Waals surface area contributed by atoms with E-state index in [0.717, 1.165) is 0 Å². The van der Waals surface area contributed by atoms with Crippen molar-refractivity contribution in [1.29, 1.82) is 0 Å². The molecule has 0 saturated heterocycles. The van der Waals surface area contributed by atoms with Gasteiger partial charge in [-0.25, -0.2) is 0 Å². The van der Waals surface area contributed by atoms with Crippen molar-refractivity contribution in [1.82, 2.24) is 10.6 Å². The van der Waals surface area contributed by atoms with E-state index in [4.69, 9.17) is 9.47 Å². The van der Waals surface area contributed by atoms with E-state index in [1.54, 1.807) is 14.0 Å². The van der Waals surface area contributed by atoms with Crippen molar-refractivity contribution in [2.24, 2.45) is 0 Å². The summed E-state index contributed by atoms with van der Waals surface area (Å²) in [6.07, 6.45) is 0. The molecular weight excluding hydrogens is 278 g/mol. The SMILES string of the molecule is CCOc1cc([N+](=O)[O-])c(C(=O)NCCNC)cc1OC. The molecule has 0 saturated carbocycles. The first-order valence-corrected chi connectivity index (χ1v) is 6.47. The predicted octanol–water partition coefficient (Wildman–Crippen LogP) is 0.951. The molecular formula is C13H19N3O5. The Kier molecular flexibility index (Phi) is 6.41. The maximum atomic E-state index is 12.0. The number of likely N-dealkylation sites (N-methyl/N-ethyl adjacent to an activating group) is 1. The van der Waals surface area contributed by atoms with Crippen LogP contribution in [0.4, 0.5) is 5.69 Å². The third-order valence-corrected chi connectivity index (χ3v) is 2.68. The van der Waals surface area contributed by atoms with E-state index in [0.29, 0.717) is 19.7 Å². The van der Waals surface area contributed by atoms with Crippen molar-refractivity contribution in [3.05, 3.63) is 27.8 Å². The average Bonchev–Trinajstić information content (AvgIpc) is 2.47. The number of nitrogens with one attached hydrogen (secondary N) is 2. The van der Waals surface area contributed by atoms with Gasteiger partial charge in [0.15, 0.2) is 11.5 Å². The molecule has 0 spiro atoms. The Morgan fingerprint density at radius 3 is 2.57 bits per heavy atom. The van der Waals surface area contributed by atoms with E-state index in [1.165, 1.54) is 19.2 Å². The summed E-state index contributed by atoms with van der Waals surface area (Å²) in [6.45, 7) is 3.01. The number of rotatable bonds is 8. The molecule has 116 valence electrons. The fraction of sp³-hybridized carbons (Fsp3) is 0.462. The van der Waals surface area contributed by atoms with Crippen molar-refractivity contribution >= 4 is 11.6 Å². The molecule has 8 heteroatoms. The fourth-order valence-electron chi connectivity index (χ4n) is 1.71. The summed E-state index contributed by atoms with van der Waals surface area (Å²) in [5, 5.41) is 16.6. The Morgan fingerprint density at radius 2 is 2.05 bits per heavy atom. The van der Waals surface area contributed by atoms with Gasteiger partial charge in [0.2, 0.25) is 0 Å². The summed E-state index contributed by atoms with van der Waals surface area (Å²) in [6, 6.07) is 2.52. The Balaban J connectivity index is 3.16. The molecule has 0 aliphatic carbocycles. The zero-order valence-corrected chi connectivity index (χ0v) is 12.3. The number of carbonyl (C=O) groups excluding carboxylic acids is 1. The Bertz CT molecular complexity index is 519. The van der Waals surface area contributed by atoms with Gasteiger partial charge in [-0.05, 0) is 14.0 Å². The van der Waals surface area contributed by atoms with E-state index in [1.807, 2.05) is 0 Å². The largest absolute Gasteiger partial charge is 0.493 e. The van der Waals surface area contributed by atoms with Gasteiger partial charge in [0, 0.05) is 19.2 Å². The fourth-order valence-corrected chi connectivity index (χ4v) is 1.71. The molecule has 0 bridgehead atoms. The number of nitro groups is 1. The van der Waals surface area contributed by atoms with Gasteiger partial charge in [-0.2, -0.15) is 0 Å². The second-order valence-corrected chi connectivity index (χ2v) is 4.07. The van der Waals surface area contributed by atoms with Crippen LogP contribution < -0.4 is 20.1 Å². The maximum absolute atomic E-state index is 12.0. The molecule has 0 aromatic heterocycles. The molecule has 1 aromatic carbocycles. The quantitative estimate of drug-likeness (QED) is 0.421. The van der Waals surface area contributed by atoms with Crippen LogP contribution >= 0.6 is 0 Å². The van der Waals surface area contributed by atoms with Gasteiger partial charge in [-0.1, -0.05) is 0 Å². The number of carbonyl (C=O) groups is 1. The van der Waals surface area contributed by atoms with Gasteiger partial charge in [0.1, 0.15) is 5.56 Å². The van der Waals surface area contributed by atoms with E-state index in [-0.39, 0.29) is 22.7 Å². The average molecular weight is 297 g/mol. The second kappa shape index (κ2) is 8.05. The molecule has 1 aromatic rings. The molecule has 0 radical (unpaired) electrons. The van der Waals surface area contributed by atoms with Crippen molar-refractivity contribution in [2.45, 2.75) is 6.92 Å². The second-order valence-electron chi connectivity index (χ2n) is 4.07. The molecule has 2 N–H and O–H groups in total. The van der Waals surface area contributed by atoms with Crippen LogP contribution in [0, 0.1) is 10.1 Å². The molecule has 21 heavy (non-hydrogen) atoms. The van der Waals surface area contributed by atoms with E-state index in [9.17, 15) is 14.9 Å². The predicted molar refractivity (Wildman–Crippen MR) is 77.1 cm³/mol. The molecule has 0 aliphatic rings. The van der Waals surface area contributed by atoms with Crippen LogP contribution in [0.2, 0.25) is 0 Å². The smallest absolute Gasteiger partial charge is 0.286 e. The minimum atomic E-state index is -0.616. The van der Waals surface area contributed by atoms with Gasteiger partial charge in [0.05, 0.1) is 24.7 Å². The van der Waals surface area contributed by atoms with Crippen LogP contribution in [0.5, 0.6) is 11.5 Å². The number of benzene rings is 1. The molecule has 0 aliphatic heterocycles. The first-order chi connectivity index (χ1) is 10.0. The van der Waals surface area contributed by atoms with Crippen LogP contribution in [-0.2, 0) is 0 Å². The summed E-state index contributed by atoms with van der Waals surface area (Å²) in [5.74, 6) is -0.0158. The van der Waals surface area contributed by atoms with Gasteiger partial charge < -0.3 is 20.1 Å². The van der Waals surface area contributed by atoms with Crippen LogP contribution in [0.15, 0.2) is 12.1 Å². The van der Waals surface area contributed by atoms with Crippen LogP contribution in [0.25, 0.3) is 0 Å². The van der Waals surface area contributed by atoms with Crippen molar-refractivity contribution < 1.29 is 19.2 Å². The number of hydrogen-bond acceptors (Lipinski definition) is 6. The number of methoxy groups -OCH3 is 1. The van der Waals surface area contributed by atoms with E-state index < -0.39 is 10.8 Å². The zero-order chi connectivity index (χ0) is 15.8. The highest BCUT2D eigenvalue weighted by atomic mass is 16.6. The lowest BCUT2D eigenvalue weighted by Crippen LogP contribution is -2.30. The first kappa shape index (κ1) is 16.7. The lowest BCUT2D eigenvalue weighted by Gasteiger charge is -2.12. The van der Waals surface area contributed by atoms with Crippen molar-refractivity contribution in [3.63, 3.8) is 0 Å². The van der Waals surface area contributed by atoms with E-state index >= 15 is 0 Å². The highest BCUT2D eigenvalue weighted by Gasteiger charge is 2.24. The van der Waals surface area contributed by atoms with Gasteiger partial charge in [0.25, 0.3) is 11.6 Å². The molecule has 0 fully saturated rings. The number of hydrogen-bond donors (Lipinski definition) is 2. The van der Waals surface area contributed by atoms with Crippen LogP contribution in [0.3, 0.4) is 0 Å². The Hall–Kier alpha value is -2.35. The highest BCUT2D eigenvalue weighted by molar-refractivity contribution is 5.99. The maximum Gasteiger partial charge on any atom is 0.286 e. The first-order valence-electron chi connectivity index (χ1n) is 6.47. The van der Waals surface area contributed by atoms with Crippen molar-refractivity contribution in [2.75, 3.05) is 33.9 Å². The zero-order valence-electron chi connectivity index (χ0n) is 12.3. The lowest BCUT2D eigenvalue weighted by atomic mass is 10.1. The normalized spacial score (nSPS) is 10.0. The summed E-state index contributed by atoms with van der Waals surface area (Å²) in [4.78, 5) is 22.6. The summed E-state index contributed by atoms with van der Waals surface area (Å²) >= 11 is 0. The number of nitro benzene ring substituents is 1. The molecule has 1 amide bonds. The highest BCUT2D eigenvalue weighted by Crippen LogP contribution is 2.34. The molecule has 0 heterocycles. The minimum absolute atomic E-state index is 0.0589. The summed E-state index contributed by atoms with van der Waals surface area (Å²) in [5.41, 5.74) is -0.377. The lowest BCUT2D eigenvalue weighted by molar-refractivity contribution is -0.385. The van der Waals surface area contributed by atoms with Gasteiger partial charge in [-0.3, -0.25) is 14.9 Å². The van der Waals surface area contributed by atoms with Crippen LogP contribution in [-0.4, -0.2) is 44.7 Å². The van der Waals surface area contributed by atoms with E-state index in [2.05, 4.69) is 10.6 Å². The van der Waals surface area contributed by atoms with Gasteiger partial charge >= 0.3 is 0 Å². The standard InChI is InChI=1S/C13H19N3O5/c1-4-21-12-8-10(16(18)19)9(7-11(12)20-3)13(17)15-6-5-14-2/h7-8,14H,4-6H2,1-3H3,(H,15,17). The minimum Gasteiger partial charge on any atom is -0.493 e. The Labute approximate surface area is 122 Å². The van der Waals surface area contributed by atoms with Gasteiger partial charge in [-0.15, -0.1) is 0 Å². The number of nitrogens with zero attached hydrogens (tertiary/aromatic N) is 1. The monoisotopic (exact) mass is 297 g/mol. The molecule has 0 atom stereocenters. The van der Waals surface area contributed by atoms with Crippen LogP contribution in [0.1, 0.15) is 17.3 Å². The molecule has 1 rings (SSSR count). The third-order valence-electron chi connectivity index (χ3n) is 2.68. The number of ether oxygens (including phenoxy) is 2. The molecule has 8 nitrogen and oxygen atoms in total. The third kappa shape index (κ3) is 4.32. The summed E-state index contributed by atoms with van der Waals surface area (Å²) < 4.78 is 10.4. The van der Waals surface area contributed by atoms with Crippen molar-refractivity contribution in [3.8, 4) is 11.5 Å². The number of amides is 1. The Morgan fingerprint density at radius 1 is 1.33 bits per heavy atom. The molecule has 0 unspecified atom stereocenters. The summed E-state index contributed by atoms with van der Waals surface area (Å²) in [7, 11) is 3.15.